The predicted molar refractivity (Wildman–Crippen MR) is 264 cm³/mol. The van der Waals surface area contributed by atoms with E-state index in [4.69, 9.17) is 8.83 Å². The number of benzene rings is 10. The van der Waals surface area contributed by atoms with Gasteiger partial charge in [-0.15, -0.1) is 0 Å². The number of anilines is 3. The van der Waals surface area contributed by atoms with E-state index in [0.29, 0.717) is 50.3 Å². The Bertz CT molecular complexity index is 3900. The molecule has 0 saturated heterocycles. The lowest BCUT2D eigenvalue weighted by atomic mass is 9.79. The number of nitrogens with zero attached hydrogens (tertiary/aromatic N) is 1. The van der Waals surface area contributed by atoms with Gasteiger partial charge in [0.25, 0.3) is 0 Å². The van der Waals surface area contributed by atoms with Crippen LogP contribution in [0.4, 0.5) is 17.1 Å². The first-order valence-corrected chi connectivity index (χ1v) is 21.7. The van der Waals surface area contributed by atoms with E-state index < -0.39 is 11.6 Å². The maximum absolute atomic E-state index is 15.2. The second kappa shape index (κ2) is 14.4. The predicted octanol–water partition coefficient (Wildman–Crippen LogP) is 16.2. The van der Waals surface area contributed by atoms with Crippen molar-refractivity contribution in [2.75, 3.05) is 4.90 Å². The summed E-state index contributed by atoms with van der Waals surface area (Å²) in [6.07, 6.45) is 0. The van der Waals surface area contributed by atoms with E-state index in [1.807, 2.05) is 109 Å². The zero-order valence-electron chi connectivity index (χ0n) is 34.8. The number of fused-ring (bicyclic) bond motifs is 12. The summed E-state index contributed by atoms with van der Waals surface area (Å²) >= 11 is 0. The highest BCUT2D eigenvalue weighted by atomic mass is 16.3. The molecule has 0 aliphatic heterocycles. The fourth-order valence-corrected chi connectivity index (χ4v) is 10.0. The van der Waals surface area contributed by atoms with Crippen molar-refractivity contribution in [3.63, 3.8) is 0 Å². The Morgan fingerprint density at radius 3 is 1.66 bits per heavy atom. The number of Topliss-reactive ketones (excluding diaryl/α,β-unsaturated/α-hetero) is 2. The van der Waals surface area contributed by atoms with Crippen LogP contribution in [0.5, 0.6) is 0 Å². The second-order valence-corrected chi connectivity index (χ2v) is 16.6. The average molecular weight is 834 g/mol. The minimum Gasteiger partial charge on any atom is -0.455 e. The SMILES string of the molecule is O=C1C(=O)c2c(N(c3ccccc3)c3ccc4ccccc4c3)cc3oc4c(-c5ccccc5)cccc4c3c2-c2c1ccc1c2oc2c(-c3ccc(-c4ccccc4)cc3)cccc21. The van der Waals surface area contributed by atoms with Crippen molar-refractivity contribution in [2.24, 2.45) is 0 Å². The molecule has 5 nitrogen and oxygen atoms in total. The van der Waals surface area contributed by atoms with Crippen LogP contribution in [0.15, 0.2) is 221 Å². The largest absolute Gasteiger partial charge is 0.455 e. The van der Waals surface area contributed by atoms with Crippen molar-refractivity contribution in [3.8, 4) is 44.5 Å². The van der Waals surface area contributed by atoms with Crippen LogP contribution in [0.25, 0.3) is 99.2 Å². The minimum atomic E-state index is -0.589. The van der Waals surface area contributed by atoms with Gasteiger partial charge in [0, 0.05) is 66.8 Å². The summed E-state index contributed by atoms with van der Waals surface area (Å²) in [5, 5.41) is 5.47. The molecule has 0 N–H and O–H groups in total. The molecule has 65 heavy (non-hydrogen) atoms. The lowest BCUT2D eigenvalue weighted by molar-refractivity contribution is 0.0816. The van der Waals surface area contributed by atoms with Crippen molar-refractivity contribution in [3.05, 3.63) is 223 Å². The number of furan rings is 2. The first-order valence-electron chi connectivity index (χ1n) is 21.7. The van der Waals surface area contributed by atoms with Gasteiger partial charge < -0.3 is 13.7 Å². The molecule has 0 atom stereocenters. The molecule has 0 bridgehead atoms. The first-order chi connectivity index (χ1) is 32.1. The Morgan fingerprint density at radius 1 is 0.338 bits per heavy atom. The number of hydrogen-bond donors (Lipinski definition) is 0. The number of para-hydroxylation sites is 3. The van der Waals surface area contributed by atoms with Crippen molar-refractivity contribution >= 4 is 83.3 Å². The van der Waals surface area contributed by atoms with Gasteiger partial charge in [-0.2, -0.15) is 0 Å². The van der Waals surface area contributed by atoms with E-state index in [0.717, 1.165) is 77.1 Å². The molecular formula is C60H35NO4. The van der Waals surface area contributed by atoms with E-state index >= 15 is 4.79 Å². The fraction of sp³-hybridized carbons (Fsp3) is 0. The summed E-state index contributed by atoms with van der Waals surface area (Å²) < 4.78 is 14.2. The van der Waals surface area contributed by atoms with Crippen LogP contribution in [0.1, 0.15) is 20.7 Å². The minimum absolute atomic E-state index is 0.296. The van der Waals surface area contributed by atoms with Crippen molar-refractivity contribution in [1.82, 2.24) is 0 Å². The van der Waals surface area contributed by atoms with Crippen LogP contribution >= 0.6 is 0 Å². The summed E-state index contributed by atoms with van der Waals surface area (Å²) in [5.74, 6) is -1.18. The van der Waals surface area contributed by atoms with Gasteiger partial charge in [-0.3, -0.25) is 9.59 Å². The zero-order valence-corrected chi connectivity index (χ0v) is 34.8. The lowest BCUT2D eigenvalue weighted by Gasteiger charge is -2.30. The Kier molecular flexibility index (Phi) is 8.14. The maximum Gasteiger partial charge on any atom is 0.236 e. The van der Waals surface area contributed by atoms with Crippen molar-refractivity contribution in [2.45, 2.75) is 0 Å². The van der Waals surface area contributed by atoms with Crippen LogP contribution in [-0.2, 0) is 0 Å². The number of ketones is 2. The Morgan fingerprint density at radius 2 is 0.923 bits per heavy atom. The number of rotatable bonds is 6. The van der Waals surface area contributed by atoms with E-state index in [9.17, 15) is 4.79 Å². The van der Waals surface area contributed by atoms with Gasteiger partial charge in [0.05, 0.1) is 11.3 Å². The molecule has 0 saturated carbocycles. The molecule has 1 aliphatic carbocycles. The summed E-state index contributed by atoms with van der Waals surface area (Å²) in [4.78, 5) is 32.1. The average Bonchev–Trinajstić information content (AvgIpc) is 3.95. The highest BCUT2D eigenvalue weighted by Gasteiger charge is 2.39. The smallest absolute Gasteiger partial charge is 0.236 e. The van der Waals surface area contributed by atoms with Gasteiger partial charge in [0.15, 0.2) is 0 Å². The Hall–Kier alpha value is -8.80. The van der Waals surface area contributed by atoms with Gasteiger partial charge in [-0.05, 0) is 69.4 Å². The molecule has 304 valence electrons. The topological polar surface area (TPSA) is 63.7 Å². The molecule has 0 radical (unpaired) electrons. The monoisotopic (exact) mass is 833 g/mol. The molecule has 10 aromatic carbocycles. The molecule has 0 amide bonds. The van der Waals surface area contributed by atoms with Crippen LogP contribution in [-0.4, -0.2) is 11.6 Å². The van der Waals surface area contributed by atoms with Gasteiger partial charge in [0.2, 0.25) is 11.6 Å². The Labute approximate surface area is 373 Å². The summed E-state index contributed by atoms with van der Waals surface area (Å²) in [6, 6.07) is 71.5. The number of carbonyl (C=O) groups is 2. The van der Waals surface area contributed by atoms with E-state index in [2.05, 4.69) is 102 Å². The fourth-order valence-electron chi connectivity index (χ4n) is 10.0. The molecule has 2 heterocycles. The highest BCUT2D eigenvalue weighted by molar-refractivity contribution is 6.56. The summed E-state index contributed by atoms with van der Waals surface area (Å²) in [5.41, 5.74) is 12.6. The van der Waals surface area contributed by atoms with Gasteiger partial charge in [0.1, 0.15) is 22.3 Å². The first kappa shape index (κ1) is 36.8. The van der Waals surface area contributed by atoms with E-state index in [1.165, 1.54) is 0 Å². The Balaban J connectivity index is 1.13. The highest BCUT2D eigenvalue weighted by Crippen LogP contribution is 2.53. The summed E-state index contributed by atoms with van der Waals surface area (Å²) in [6.45, 7) is 0. The van der Waals surface area contributed by atoms with Crippen LogP contribution in [0, 0.1) is 0 Å². The number of carbonyl (C=O) groups excluding carboxylic acids is 2. The molecule has 2 aromatic heterocycles. The molecular weight excluding hydrogens is 799 g/mol. The maximum atomic E-state index is 15.2. The molecule has 0 fully saturated rings. The van der Waals surface area contributed by atoms with Crippen LogP contribution in [0.2, 0.25) is 0 Å². The standard InChI is InChI=1S/C60H35NO4/c62-56-48-33-32-47-46-24-12-22-45(40-28-26-38(27-29-40)36-14-4-1-5-15-36)58(46)65-60(47)53(48)55-52-49-25-13-23-44(39-17-6-2-7-18-39)59(49)64-51(52)35-50(54(55)57(56)63)61(42-20-8-3-9-21-42)43-31-30-37-16-10-11-19-41(37)34-43/h1-35H. The molecule has 13 rings (SSSR count). The summed E-state index contributed by atoms with van der Waals surface area (Å²) in [7, 11) is 0. The third-order valence-electron chi connectivity index (χ3n) is 13.0. The lowest BCUT2D eigenvalue weighted by Crippen LogP contribution is -2.25. The van der Waals surface area contributed by atoms with Gasteiger partial charge >= 0.3 is 0 Å². The molecule has 5 heteroatoms. The zero-order chi connectivity index (χ0) is 43.2. The third kappa shape index (κ3) is 5.66. The molecule has 0 unspecified atom stereocenters. The van der Waals surface area contributed by atoms with Crippen LogP contribution < -0.4 is 4.90 Å². The van der Waals surface area contributed by atoms with Crippen LogP contribution in [0.3, 0.4) is 0 Å². The number of hydrogen-bond acceptors (Lipinski definition) is 5. The van der Waals surface area contributed by atoms with Crippen molar-refractivity contribution < 1.29 is 18.4 Å². The van der Waals surface area contributed by atoms with Gasteiger partial charge in [-0.25, -0.2) is 0 Å². The van der Waals surface area contributed by atoms with Crippen molar-refractivity contribution in [1.29, 1.82) is 0 Å². The molecule has 12 aromatic rings. The van der Waals surface area contributed by atoms with Gasteiger partial charge in [-0.1, -0.05) is 170 Å². The second-order valence-electron chi connectivity index (χ2n) is 16.6. The quantitative estimate of drug-likeness (QED) is 0.156. The van der Waals surface area contributed by atoms with E-state index in [-0.39, 0.29) is 0 Å². The normalized spacial score (nSPS) is 12.4. The molecule has 1 aliphatic rings. The third-order valence-corrected chi connectivity index (χ3v) is 13.0. The molecule has 0 spiro atoms. The van der Waals surface area contributed by atoms with E-state index in [1.54, 1.807) is 6.07 Å².